The fourth-order valence-electron chi connectivity index (χ4n) is 3.40. The summed E-state index contributed by atoms with van der Waals surface area (Å²) in [5.41, 5.74) is 1.37. The SMILES string of the molecule is CCOC(=O)c1c(NC(=O)COC(=O)COc2ccccc2OCC)sc2c1CCCC2. The number of rotatable bonds is 10. The van der Waals surface area contributed by atoms with Crippen LogP contribution in [0, 0.1) is 0 Å². The number of hydrogen-bond donors (Lipinski definition) is 1. The molecule has 8 nitrogen and oxygen atoms in total. The molecule has 1 aliphatic rings. The van der Waals surface area contributed by atoms with Gasteiger partial charge in [-0.05, 0) is 57.2 Å². The van der Waals surface area contributed by atoms with Crippen molar-refractivity contribution in [2.75, 3.05) is 31.7 Å². The lowest BCUT2D eigenvalue weighted by Crippen LogP contribution is -2.24. The minimum absolute atomic E-state index is 0.251. The van der Waals surface area contributed by atoms with Gasteiger partial charge in [-0.3, -0.25) is 4.79 Å². The maximum Gasteiger partial charge on any atom is 0.344 e. The molecular weight excluding hydrogens is 434 g/mol. The molecule has 1 aromatic heterocycles. The molecule has 2 aromatic rings. The van der Waals surface area contributed by atoms with Crippen LogP contribution in [0.15, 0.2) is 24.3 Å². The average molecular weight is 462 g/mol. The number of benzene rings is 1. The summed E-state index contributed by atoms with van der Waals surface area (Å²) < 4.78 is 21.1. The van der Waals surface area contributed by atoms with E-state index in [1.54, 1.807) is 31.2 Å². The topological polar surface area (TPSA) is 100 Å². The molecule has 1 heterocycles. The van der Waals surface area contributed by atoms with Crippen LogP contribution in [-0.2, 0) is 31.9 Å². The molecule has 0 fully saturated rings. The van der Waals surface area contributed by atoms with Crippen molar-refractivity contribution in [1.29, 1.82) is 0 Å². The summed E-state index contributed by atoms with van der Waals surface area (Å²) in [4.78, 5) is 38.0. The first-order chi connectivity index (χ1) is 15.5. The molecule has 1 N–H and O–H groups in total. The summed E-state index contributed by atoms with van der Waals surface area (Å²) in [6, 6.07) is 6.98. The van der Waals surface area contributed by atoms with E-state index >= 15 is 0 Å². The molecule has 0 spiro atoms. The first-order valence-electron chi connectivity index (χ1n) is 10.6. The number of para-hydroxylation sites is 2. The van der Waals surface area contributed by atoms with Crippen molar-refractivity contribution in [3.8, 4) is 11.5 Å². The number of amides is 1. The smallest absolute Gasteiger partial charge is 0.344 e. The molecule has 172 valence electrons. The summed E-state index contributed by atoms with van der Waals surface area (Å²) in [5.74, 6) is -0.729. The molecule has 0 aliphatic heterocycles. The van der Waals surface area contributed by atoms with Gasteiger partial charge in [0.1, 0.15) is 5.00 Å². The van der Waals surface area contributed by atoms with Crippen molar-refractivity contribution in [3.63, 3.8) is 0 Å². The Morgan fingerprint density at radius 3 is 2.38 bits per heavy atom. The van der Waals surface area contributed by atoms with E-state index in [1.165, 1.54) is 11.3 Å². The molecule has 9 heteroatoms. The van der Waals surface area contributed by atoms with Crippen molar-refractivity contribution < 1.29 is 33.3 Å². The minimum Gasteiger partial charge on any atom is -0.490 e. The molecular formula is C23H27NO7S. The van der Waals surface area contributed by atoms with Crippen LogP contribution in [0.25, 0.3) is 0 Å². The number of ether oxygens (including phenoxy) is 4. The van der Waals surface area contributed by atoms with Crippen LogP contribution >= 0.6 is 11.3 Å². The second-order valence-corrected chi connectivity index (χ2v) is 8.12. The summed E-state index contributed by atoms with van der Waals surface area (Å²) in [6.07, 6.45) is 3.70. The average Bonchev–Trinajstić information content (AvgIpc) is 3.15. The second-order valence-electron chi connectivity index (χ2n) is 7.01. The highest BCUT2D eigenvalue weighted by atomic mass is 32.1. The first kappa shape index (κ1) is 23.6. The largest absolute Gasteiger partial charge is 0.490 e. The van der Waals surface area contributed by atoms with E-state index in [2.05, 4.69) is 5.32 Å². The zero-order valence-electron chi connectivity index (χ0n) is 18.2. The monoisotopic (exact) mass is 461 g/mol. The van der Waals surface area contributed by atoms with Crippen molar-refractivity contribution in [2.45, 2.75) is 39.5 Å². The molecule has 0 saturated heterocycles. The number of anilines is 1. The van der Waals surface area contributed by atoms with Gasteiger partial charge >= 0.3 is 11.9 Å². The third-order valence-corrected chi connectivity index (χ3v) is 5.97. The predicted octanol–water partition coefficient (Wildman–Crippen LogP) is 3.76. The predicted molar refractivity (Wildman–Crippen MR) is 120 cm³/mol. The first-order valence-corrected chi connectivity index (χ1v) is 11.5. The van der Waals surface area contributed by atoms with Gasteiger partial charge in [0.25, 0.3) is 5.91 Å². The van der Waals surface area contributed by atoms with Crippen molar-refractivity contribution in [1.82, 2.24) is 0 Å². The third kappa shape index (κ3) is 6.00. The lowest BCUT2D eigenvalue weighted by molar-refractivity contribution is -0.149. The summed E-state index contributed by atoms with van der Waals surface area (Å²) in [7, 11) is 0. The van der Waals surface area contributed by atoms with Crippen LogP contribution in [0.3, 0.4) is 0 Å². The lowest BCUT2D eigenvalue weighted by atomic mass is 9.95. The van der Waals surface area contributed by atoms with Crippen LogP contribution < -0.4 is 14.8 Å². The van der Waals surface area contributed by atoms with Crippen molar-refractivity contribution in [2.24, 2.45) is 0 Å². The Hall–Kier alpha value is -3.07. The second kappa shape index (κ2) is 11.5. The number of nitrogens with one attached hydrogen (secondary N) is 1. The maximum atomic E-state index is 12.5. The number of fused-ring (bicyclic) bond motifs is 1. The van der Waals surface area contributed by atoms with Crippen molar-refractivity contribution >= 4 is 34.2 Å². The Labute approximate surface area is 190 Å². The molecule has 0 radical (unpaired) electrons. The highest BCUT2D eigenvalue weighted by Crippen LogP contribution is 2.38. The maximum absolute atomic E-state index is 12.5. The number of aryl methyl sites for hydroxylation is 1. The minimum atomic E-state index is -0.692. The zero-order chi connectivity index (χ0) is 22.9. The highest BCUT2D eigenvalue weighted by molar-refractivity contribution is 7.17. The quantitative estimate of drug-likeness (QED) is 0.538. The zero-order valence-corrected chi connectivity index (χ0v) is 19.0. The Kier molecular flexibility index (Phi) is 8.49. The fraction of sp³-hybridized carbons (Fsp3) is 0.435. The normalized spacial score (nSPS) is 12.4. The molecule has 0 unspecified atom stereocenters. The van der Waals surface area contributed by atoms with Crippen molar-refractivity contribution in [3.05, 3.63) is 40.3 Å². The van der Waals surface area contributed by atoms with E-state index in [4.69, 9.17) is 18.9 Å². The molecule has 32 heavy (non-hydrogen) atoms. The standard InChI is InChI=1S/C23H27NO7S/c1-3-28-16-10-6-7-11-17(16)30-14-20(26)31-13-19(25)24-22-21(23(27)29-4-2)15-9-5-8-12-18(15)32-22/h6-7,10-11H,3-5,8-9,12-14H2,1-2H3,(H,24,25). The van der Waals surface area contributed by atoms with Gasteiger partial charge in [-0.1, -0.05) is 12.1 Å². The molecule has 3 rings (SSSR count). The van der Waals surface area contributed by atoms with Gasteiger partial charge < -0.3 is 24.3 Å². The van der Waals surface area contributed by atoms with E-state index in [0.29, 0.717) is 28.7 Å². The molecule has 0 atom stereocenters. The van der Waals surface area contributed by atoms with Crippen LogP contribution in [0.2, 0.25) is 0 Å². The molecule has 1 aromatic carbocycles. The van der Waals surface area contributed by atoms with Gasteiger partial charge in [0.05, 0.1) is 18.8 Å². The van der Waals surface area contributed by atoms with Crippen LogP contribution in [0.4, 0.5) is 5.00 Å². The van der Waals surface area contributed by atoms with Crippen LogP contribution in [0.5, 0.6) is 11.5 Å². The Bertz CT molecular complexity index is 969. The Balaban J connectivity index is 1.55. The van der Waals surface area contributed by atoms with Gasteiger partial charge in [0.2, 0.25) is 0 Å². The third-order valence-electron chi connectivity index (χ3n) is 4.76. The molecule has 0 bridgehead atoms. The highest BCUT2D eigenvalue weighted by Gasteiger charge is 2.27. The molecule has 1 amide bonds. The summed E-state index contributed by atoms with van der Waals surface area (Å²) in [5, 5.41) is 3.15. The molecule has 1 aliphatic carbocycles. The molecule has 0 saturated carbocycles. The van der Waals surface area contributed by atoms with Gasteiger partial charge in [-0.25, -0.2) is 9.59 Å². The van der Waals surface area contributed by atoms with Crippen LogP contribution in [-0.4, -0.2) is 44.3 Å². The summed E-state index contributed by atoms with van der Waals surface area (Å²) in [6.45, 7) is 3.45. The van der Waals surface area contributed by atoms with E-state index in [-0.39, 0.29) is 13.2 Å². The van der Waals surface area contributed by atoms with E-state index in [9.17, 15) is 14.4 Å². The lowest BCUT2D eigenvalue weighted by Gasteiger charge is -2.12. The number of esters is 2. The van der Waals surface area contributed by atoms with Gasteiger partial charge in [0.15, 0.2) is 24.7 Å². The van der Waals surface area contributed by atoms with E-state index in [0.717, 1.165) is 36.1 Å². The van der Waals surface area contributed by atoms with Gasteiger partial charge in [-0.2, -0.15) is 0 Å². The van der Waals surface area contributed by atoms with Gasteiger partial charge in [-0.15, -0.1) is 11.3 Å². The number of carbonyl (C=O) groups is 3. The Morgan fingerprint density at radius 1 is 0.938 bits per heavy atom. The number of hydrogen-bond acceptors (Lipinski definition) is 8. The number of thiophene rings is 1. The summed E-state index contributed by atoms with van der Waals surface area (Å²) >= 11 is 1.38. The van der Waals surface area contributed by atoms with E-state index in [1.807, 2.05) is 6.92 Å². The van der Waals surface area contributed by atoms with Crippen LogP contribution in [0.1, 0.15) is 47.5 Å². The van der Waals surface area contributed by atoms with Gasteiger partial charge in [0, 0.05) is 4.88 Å². The Morgan fingerprint density at radius 2 is 1.66 bits per heavy atom. The van der Waals surface area contributed by atoms with E-state index < -0.39 is 24.5 Å². The number of carbonyl (C=O) groups excluding carboxylic acids is 3. The fourth-order valence-corrected chi connectivity index (χ4v) is 4.70.